The molecular weight excluding hydrogens is 334 g/mol. The van der Waals surface area contributed by atoms with Crippen LogP contribution in [0, 0.1) is 6.92 Å². The summed E-state index contributed by atoms with van der Waals surface area (Å²) >= 11 is 1.27. The third-order valence-corrected chi connectivity index (χ3v) is 5.41. The molecule has 0 saturated heterocycles. The number of para-hydroxylation sites is 1. The molecule has 6 heteroatoms. The van der Waals surface area contributed by atoms with E-state index >= 15 is 0 Å². The van der Waals surface area contributed by atoms with Gasteiger partial charge in [0.2, 0.25) is 5.91 Å². The number of nitrogens with zero attached hydrogens (tertiary/aromatic N) is 2. The molecule has 0 fully saturated rings. The summed E-state index contributed by atoms with van der Waals surface area (Å²) in [4.78, 5) is 33.4. The van der Waals surface area contributed by atoms with E-state index < -0.39 is 0 Å². The topological polar surface area (TPSA) is 66.1 Å². The smallest absolute Gasteiger partial charge is 0.251 e. The Morgan fingerprint density at radius 1 is 1.40 bits per heavy atom. The quantitative estimate of drug-likeness (QED) is 0.674. The average Bonchev–Trinajstić information content (AvgIpc) is 2.51. The number of hydrogen-bond acceptors (Lipinski definition) is 4. The van der Waals surface area contributed by atoms with Gasteiger partial charge in [0.1, 0.15) is 0 Å². The van der Waals surface area contributed by atoms with Gasteiger partial charge in [-0.05, 0) is 44.7 Å². The van der Waals surface area contributed by atoms with E-state index in [9.17, 15) is 9.59 Å². The molecule has 0 saturated carbocycles. The van der Waals surface area contributed by atoms with Gasteiger partial charge < -0.3 is 9.88 Å². The first-order chi connectivity index (χ1) is 11.8. The van der Waals surface area contributed by atoms with Crippen LogP contribution >= 0.6 is 11.8 Å². The first-order valence-corrected chi connectivity index (χ1v) is 9.39. The fraction of sp³-hybridized carbons (Fsp3) is 0.421. The second kappa shape index (κ2) is 6.67. The molecule has 25 heavy (non-hydrogen) atoms. The Morgan fingerprint density at radius 3 is 2.84 bits per heavy atom. The predicted molar refractivity (Wildman–Crippen MR) is 101 cm³/mol. The first kappa shape index (κ1) is 17.7. The van der Waals surface area contributed by atoms with Crippen LogP contribution in [0.5, 0.6) is 0 Å². The molecule has 132 valence electrons. The molecule has 5 nitrogen and oxygen atoms in total. The van der Waals surface area contributed by atoms with E-state index in [0.717, 1.165) is 12.1 Å². The van der Waals surface area contributed by atoms with Crippen LogP contribution in [0.2, 0.25) is 0 Å². The lowest BCUT2D eigenvalue weighted by Gasteiger charge is -2.46. The summed E-state index contributed by atoms with van der Waals surface area (Å²) in [5, 5.41) is 0.481. The second-order valence-electron chi connectivity index (χ2n) is 7.19. The van der Waals surface area contributed by atoms with Crippen molar-refractivity contribution in [2.24, 2.45) is 0 Å². The number of fused-ring (bicyclic) bond motifs is 1. The fourth-order valence-corrected chi connectivity index (χ4v) is 4.44. The van der Waals surface area contributed by atoms with Crippen molar-refractivity contribution in [2.45, 2.75) is 50.7 Å². The molecule has 1 atom stereocenters. The second-order valence-corrected chi connectivity index (χ2v) is 8.15. The van der Waals surface area contributed by atoms with Gasteiger partial charge >= 0.3 is 0 Å². The van der Waals surface area contributed by atoms with Crippen molar-refractivity contribution in [2.75, 3.05) is 10.7 Å². The first-order valence-electron chi connectivity index (χ1n) is 8.41. The highest BCUT2D eigenvalue weighted by atomic mass is 32.2. The van der Waals surface area contributed by atoms with Crippen LogP contribution in [0.3, 0.4) is 0 Å². The largest absolute Gasteiger partial charge is 0.306 e. The molecule has 1 aliphatic heterocycles. The van der Waals surface area contributed by atoms with Crippen molar-refractivity contribution >= 4 is 23.4 Å². The van der Waals surface area contributed by atoms with Crippen LogP contribution in [0.4, 0.5) is 5.69 Å². The number of aromatic amines is 1. The molecule has 1 N–H and O–H groups in total. The molecule has 0 bridgehead atoms. The molecule has 2 heterocycles. The van der Waals surface area contributed by atoms with E-state index in [1.165, 1.54) is 23.4 Å². The zero-order valence-electron chi connectivity index (χ0n) is 15.0. The summed E-state index contributed by atoms with van der Waals surface area (Å²) in [6.07, 6.45) is 0.917. The van der Waals surface area contributed by atoms with Gasteiger partial charge in [0.15, 0.2) is 5.16 Å². The van der Waals surface area contributed by atoms with Crippen molar-refractivity contribution in [3.63, 3.8) is 0 Å². The maximum Gasteiger partial charge on any atom is 0.251 e. The summed E-state index contributed by atoms with van der Waals surface area (Å²) in [7, 11) is 0. The van der Waals surface area contributed by atoms with E-state index in [1.807, 2.05) is 23.1 Å². The number of carbonyl (C=O) groups excluding carboxylic acids is 1. The molecule has 1 aromatic heterocycles. The lowest BCUT2D eigenvalue weighted by atomic mass is 9.80. The number of thioether (sulfide) groups is 1. The summed E-state index contributed by atoms with van der Waals surface area (Å²) in [6, 6.07) is 9.55. The van der Waals surface area contributed by atoms with Crippen molar-refractivity contribution in [3.05, 3.63) is 51.9 Å². The SMILES string of the molecule is Cc1cc(=O)[nH]c(SCC(=O)N2c3ccccc3C(C)CC2(C)C)n1. The number of aromatic nitrogens is 2. The van der Waals surface area contributed by atoms with Gasteiger partial charge in [0.25, 0.3) is 5.56 Å². The van der Waals surface area contributed by atoms with E-state index in [1.54, 1.807) is 6.92 Å². The Morgan fingerprint density at radius 2 is 2.12 bits per heavy atom. The number of carbonyl (C=O) groups is 1. The average molecular weight is 357 g/mol. The van der Waals surface area contributed by atoms with Crippen molar-refractivity contribution in [1.82, 2.24) is 9.97 Å². The molecule has 1 amide bonds. The number of benzene rings is 1. The maximum atomic E-state index is 13.0. The van der Waals surface area contributed by atoms with E-state index in [0.29, 0.717) is 16.8 Å². The number of hydrogen-bond donors (Lipinski definition) is 1. The number of anilines is 1. The monoisotopic (exact) mass is 357 g/mol. The van der Waals surface area contributed by atoms with E-state index in [2.05, 4.69) is 36.8 Å². The number of nitrogens with one attached hydrogen (secondary N) is 1. The third kappa shape index (κ3) is 3.63. The van der Waals surface area contributed by atoms with Crippen LogP contribution in [-0.4, -0.2) is 27.2 Å². The zero-order chi connectivity index (χ0) is 18.2. The van der Waals surface area contributed by atoms with Gasteiger partial charge in [-0.25, -0.2) is 4.98 Å². The standard InChI is InChI=1S/C19H23N3O2S/c1-12-10-19(3,4)22(15-8-6-5-7-14(12)15)17(24)11-25-18-20-13(2)9-16(23)21-18/h5-9,12H,10-11H2,1-4H3,(H,20,21,23). The minimum Gasteiger partial charge on any atom is -0.306 e. The lowest BCUT2D eigenvalue weighted by Crippen LogP contribution is -2.52. The molecule has 3 rings (SSSR count). The minimum absolute atomic E-state index is 0.0264. The highest BCUT2D eigenvalue weighted by Crippen LogP contribution is 2.43. The van der Waals surface area contributed by atoms with Gasteiger partial charge in [-0.3, -0.25) is 9.59 Å². The predicted octanol–water partition coefficient (Wildman–Crippen LogP) is 3.49. The molecule has 1 unspecified atom stereocenters. The van der Waals surface area contributed by atoms with Crippen LogP contribution in [0.15, 0.2) is 40.3 Å². The highest BCUT2D eigenvalue weighted by molar-refractivity contribution is 7.99. The molecule has 1 aromatic carbocycles. The summed E-state index contributed by atoms with van der Waals surface area (Å²) < 4.78 is 0. The number of H-pyrrole nitrogens is 1. The summed E-state index contributed by atoms with van der Waals surface area (Å²) in [6.45, 7) is 8.19. The van der Waals surface area contributed by atoms with Gasteiger partial charge in [0, 0.05) is 23.0 Å². The Labute approximate surface area is 151 Å². The van der Waals surface area contributed by atoms with Gasteiger partial charge in [0.05, 0.1) is 5.75 Å². The van der Waals surface area contributed by atoms with Gasteiger partial charge in [-0.1, -0.05) is 36.9 Å². The highest BCUT2D eigenvalue weighted by Gasteiger charge is 2.39. The normalized spacial score (nSPS) is 18.7. The Hall–Kier alpha value is -2.08. The molecule has 0 spiro atoms. The van der Waals surface area contributed by atoms with Gasteiger partial charge in [-0.15, -0.1) is 0 Å². The van der Waals surface area contributed by atoms with Crippen molar-refractivity contribution < 1.29 is 4.79 Å². The molecule has 1 aliphatic rings. The fourth-order valence-electron chi connectivity index (χ4n) is 3.67. The molecule has 0 aliphatic carbocycles. The summed E-state index contributed by atoms with van der Waals surface area (Å²) in [5.41, 5.74) is 2.40. The zero-order valence-corrected chi connectivity index (χ0v) is 15.8. The van der Waals surface area contributed by atoms with Crippen LogP contribution < -0.4 is 10.5 Å². The lowest BCUT2D eigenvalue weighted by molar-refractivity contribution is -0.117. The van der Waals surface area contributed by atoms with Gasteiger partial charge in [-0.2, -0.15) is 0 Å². The number of amides is 1. The number of aryl methyl sites for hydroxylation is 1. The molecule has 0 radical (unpaired) electrons. The van der Waals surface area contributed by atoms with E-state index in [4.69, 9.17) is 0 Å². The Kier molecular flexibility index (Phi) is 4.73. The summed E-state index contributed by atoms with van der Waals surface area (Å²) in [5.74, 6) is 0.676. The van der Waals surface area contributed by atoms with Crippen LogP contribution in [0.1, 0.15) is 44.4 Å². The maximum absolute atomic E-state index is 13.0. The minimum atomic E-state index is -0.251. The van der Waals surface area contributed by atoms with E-state index in [-0.39, 0.29) is 22.8 Å². The van der Waals surface area contributed by atoms with Crippen LogP contribution in [-0.2, 0) is 4.79 Å². The molecular formula is C19H23N3O2S. The molecule has 2 aromatic rings. The Bertz CT molecular complexity index is 860. The van der Waals surface area contributed by atoms with Crippen LogP contribution in [0.25, 0.3) is 0 Å². The third-order valence-electron chi connectivity index (χ3n) is 4.55. The van der Waals surface area contributed by atoms with Crippen molar-refractivity contribution in [1.29, 1.82) is 0 Å². The number of rotatable bonds is 3. The Balaban J connectivity index is 1.85. The van der Waals surface area contributed by atoms with Crippen molar-refractivity contribution in [3.8, 4) is 0 Å².